The van der Waals surface area contributed by atoms with Crippen LogP contribution < -0.4 is 9.64 Å². The van der Waals surface area contributed by atoms with Crippen LogP contribution >= 0.6 is 11.6 Å². The second-order valence-electron chi connectivity index (χ2n) is 4.28. The molecule has 106 valence electrons. The molecule has 2 unspecified atom stereocenters. The van der Waals surface area contributed by atoms with Crippen LogP contribution in [0.4, 0.5) is 5.95 Å². The molecule has 1 saturated heterocycles. The molecule has 2 rings (SSSR count). The number of aliphatic hydroxyl groups is 1. The van der Waals surface area contributed by atoms with Gasteiger partial charge in [0.15, 0.2) is 0 Å². The highest BCUT2D eigenvalue weighted by molar-refractivity contribution is 6.28. The van der Waals surface area contributed by atoms with Crippen molar-refractivity contribution in [3.8, 4) is 6.01 Å². The fraction of sp³-hybridized carbons (Fsp3) is 0.727. The van der Waals surface area contributed by atoms with Gasteiger partial charge in [-0.25, -0.2) is 0 Å². The van der Waals surface area contributed by atoms with Gasteiger partial charge in [0.25, 0.3) is 0 Å². The lowest BCUT2D eigenvalue weighted by Gasteiger charge is -2.35. The highest BCUT2D eigenvalue weighted by atomic mass is 35.5. The van der Waals surface area contributed by atoms with Crippen molar-refractivity contribution in [1.29, 1.82) is 0 Å². The predicted molar refractivity (Wildman–Crippen MR) is 69.6 cm³/mol. The van der Waals surface area contributed by atoms with Crippen molar-refractivity contribution in [2.45, 2.75) is 26.1 Å². The largest absolute Gasteiger partial charge is 0.464 e. The molecular weight excluding hydrogens is 272 g/mol. The first kappa shape index (κ1) is 14.2. The molecule has 1 aliphatic rings. The number of hydrogen-bond donors (Lipinski definition) is 1. The maximum absolute atomic E-state index is 9.21. The molecule has 1 N–H and O–H groups in total. The van der Waals surface area contributed by atoms with Crippen LogP contribution in [0.2, 0.25) is 5.28 Å². The summed E-state index contributed by atoms with van der Waals surface area (Å²) in [4.78, 5) is 14.1. The summed E-state index contributed by atoms with van der Waals surface area (Å²) in [6, 6.07) is 0.206. The van der Waals surface area contributed by atoms with E-state index < -0.39 is 0 Å². The average molecular weight is 289 g/mol. The van der Waals surface area contributed by atoms with Crippen LogP contribution in [0, 0.1) is 0 Å². The van der Waals surface area contributed by atoms with Crippen molar-refractivity contribution >= 4 is 17.5 Å². The fourth-order valence-corrected chi connectivity index (χ4v) is 2.11. The van der Waals surface area contributed by atoms with Crippen LogP contribution in [-0.2, 0) is 4.74 Å². The molecule has 0 bridgehead atoms. The van der Waals surface area contributed by atoms with Gasteiger partial charge < -0.3 is 19.5 Å². The van der Waals surface area contributed by atoms with Gasteiger partial charge >= 0.3 is 6.01 Å². The summed E-state index contributed by atoms with van der Waals surface area (Å²) in [5, 5.41) is 9.30. The molecule has 2 heterocycles. The molecule has 0 spiro atoms. The van der Waals surface area contributed by atoms with Crippen molar-refractivity contribution in [3.05, 3.63) is 5.28 Å². The van der Waals surface area contributed by atoms with Gasteiger partial charge in [-0.2, -0.15) is 15.0 Å². The second kappa shape index (κ2) is 6.31. The number of ether oxygens (including phenoxy) is 2. The van der Waals surface area contributed by atoms with Crippen molar-refractivity contribution in [2.75, 3.05) is 31.2 Å². The first-order chi connectivity index (χ1) is 9.12. The minimum absolute atomic E-state index is 0.0167. The molecule has 7 nitrogen and oxygen atoms in total. The number of hydrogen-bond acceptors (Lipinski definition) is 7. The van der Waals surface area contributed by atoms with Crippen LogP contribution in [0.5, 0.6) is 6.01 Å². The summed E-state index contributed by atoms with van der Waals surface area (Å²) >= 11 is 5.86. The van der Waals surface area contributed by atoms with Crippen LogP contribution in [-0.4, -0.2) is 58.6 Å². The minimum Gasteiger partial charge on any atom is -0.464 e. The zero-order valence-corrected chi connectivity index (χ0v) is 11.7. The molecule has 0 amide bonds. The third kappa shape index (κ3) is 3.65. The molecule has 0 radical (unpaired) electrons. The van der Waals surface area contributed by atoms with Crippen LogP contribution in [0.15, 0.2) is 0 Å². The molecule has 0 saturated carbocycles. The van der Waals surface area contributed by atoms with Crippen LogP contribution in [0.1, 0.15) is 13.8 Å². The molecule has 19 heavy (non-hydrogen) atoms. The molecule has 0 aliphatic carbocycles. The number of morpholine rings is 1. The van der Waals surface area contributed by atoms with E-state index in [1.807, 2.05) is 18.7 Å². The maximum atomic E-state index is 9.21. The molecule has 1 aliphatic heterocycles. The lowest BCUT2D eigenvalue weighted by Crippen LogP contribution is -2.48. The lowest BCUT2D eigenvalue weighted by molar-refractivity contribution is -0.0425. The van der Waals surface area contributed by atoms with E-state index in [4.69, 9.17) is 21.1 Å². The number of nitrogens with zero attached hydrogens (tertiary/aromatic N) is 4. The Bertz CT molecular complexity index is 434. The summed E-state index contributed by atoms with van der Waals surface area (Å²) < 4.78 is 10.8. The first-order valence-corrected chi connectivity index (χ1v) is 6.55. The number of aromatic nitrogens is 3. The van der Waals surface area contributed by atoms with Crippen LogP contribution in [0.3, 0.4) is 0 Å². The Kier molecular flexibility index (Phi) is 4.73. The Labute approximate surface area is 116 Å². The topological polar surface area (TPSA) is 80.6 Å². The fourth-order valence-electron chi connectivity index (χ4n) is 1.97. The Morgan fingerprint density at radius 1 is 1.42 bits per heavy atom. The maximum Gasteiger partial charge on any atom is 0.322 e. The molecule has 2 atom stereocenters. The summed E-state index contributed by atoms with van der Waals surface area (Å²) in [6.07, 6.45) is -0.271. The molecule has 1 aromatic rings. The Balaban J connectivity index is 2.20. The number of aliphatic hydroxyl groups excluding tert-OH is 1. The van der Waals surface area contributed by atoms with E-state index in [1.165, 1.54) is 0 Å². The highest BCUT2D eigenvalue weighted by Crippen LogP contribution is 2.19. The van der Waals surface area contributed by atoms with Gasteiger partial charge in [-0.3, -0.25) is 0 Å². The Morgan fingerprint density at radius 2 is 2.21 bits per heavy atom. The zero-order chi connectivity index (χ0) is 13.8. The number of halogens is 1. The van der Waals surface area contributed by atoms with E-state index in [9.17, 15) is 5.11 Å². The summed E-state index contributed by atoms with van der Waals surface area (Å²) in [5.74, 6) is 0.442. The van der Waals surface area contributed by atoms with Crippen molar-refractivity contribution in [1.82, 2.24) is 15.0 Å². The highest BCUT2D eigenvalue weighted by Gasteiger charge is 2.27. The van der Waals surface area contributed by atoms with Crippen molar-refractivity contribution in [3.63, 3.8) is 0 Å². The van der Waals surface area contributed by atoms with E-state index in [0.29, 0.717) is 25.6 Å². The van der Waals surface area contributed by atoms with E-state index in [0.717, 1.165) is 0 Å². The third-order valence-corrected chi connectivity index (χ3v) is 2.83. The molecule has 8 heteroatoms. The van der Waals surface area contributed by atoms with E-state index in [1.54, 1.807) is 0 Å². The monoisotopic (exact) mass is 288 g/mol. The lowest BCUT2D eigenvalue weighted by atomic mass is 10.2. The average Bonchev–Trinajstić information content (AvgIpc) is 2.37. The number of anilines is 1. The smallest absolute Gasteiger partial charge is 0.322 e. The standard InChI is InChI=1S/C11H17ClN4O3/c1-3-18-11-14-9(12)13-10(15-11)16-4-7(2)19-8(5-16)6-17/h7-8,17H,3-6H2,1-2H3. The third-order valence-electron chi connectivity index (χ3n) is 2.66. The predicted octanol–water partition coefficient (Wildman–Crippen LogP) is 0.510. The molecule has 1 aromatic heterocycles. The Morgan fingerprint density at radius 3 is 2.89 bits per heavy atom. The summed E-state index contributed by atoms with van der Waals surface area (Å²) in [6.45, 7) is 5.32. The summed E-state index contributed by atoms with van der Waals surface area (Å²) in [5.41, 5.74) is 0. The van der Waals surface area contributed by atoms with Crippen molar-refractivity contribution in [2.24, 2.45) is 0 Å². The summed E-state index contributed by atoms with van der Waals surface area (Å²) in [7, 11) is 0. The van der Waals surface area contributed by atoms with Crippen LogP contribution in [0.25, 0.3) is 0 Å². The van der Waals surface area contributed by atoms with Gasteiger partial charge in [-0.15, -0.1) is 0 Å². The van der Waals surface area contributed by atoms with Crippen molar-refractivity contribution < 1.29 is 14.6 Å². The number of rotatable bonds is 4. The van der Waals surface area contributed by atoms with E-state index in [-0.39, 0.29) is 30.1 Å². The SMILES string of the molecule is CCOc1nc(Cl)nc(N2CC(C)OC(CO)C2)n1. The zero-order valence-electron chi connectivity index (χ0n) is 10.9. The molecular formula is C11H17ClN4O3. The quantitative estimate of drug-likeness (QED) is 0.864. The van der Waals surface area contributed by atoms with E-state index >= 15 is 0 Å². The molecule has 1 fully saturated rings. The van der Waals surface area contributed by atoms with Gasteiger partial charge in [-0.05, 0) is 25.4 Å². The van der Waals surface area contributed by atoms with E-state index in [2.05, 4.69) is 15.0 Å². The Hall–Kier alpha value is -1.18. The normalized spacial score (nSPS) is 23.5. The van der Waals surface area contributed by atoms with Gasteiger partial charge in [0, 0.05) is 13.1 Å². The van der Waals surface area contributed by atoms with Gasteiger partial charge in [0.2, 0.25) is 11.2 Å². The second-order valence-corrected chi connectivity index (χ2v) is 4.61. The van der Waals surface area contributed by atoms with Gasteiger partial charge in [0.1, 0.15) is 0 Å². The van der Waals surface area contributed by atoms with Gasteiger partial charge in [0.05, 0.1) is 25.4 Å². The first-order valence-electron chi connectivity index (χ1n) is 6.18. The molecule has 0 aromatic carbocycles. The minimum atomic E-state index is -0.255. The van der Waals surface area contributed by atoms with Gasteiger partial charge in [-0.1, -0.05) is 0 Å².